The molecule has 1 aromatic rings. The van der Waals surface area contributed by atoms with Gasteiger partial charge in [0.1, 0.15) is 0 Å². The molecule has 80 valence electrons. The van der Waals surface area contributed by atoms with Gasteiger partial charge in [0.2, 0.25) is 0 Å². The van der Waals surface area contributed by atoms with Crippen molar-refractivity contribution in [3.8, 4) is 12.3 Å². The van der Waals surface area contributed by atoms with E-state index >= 15 is 0 Å². The topological polar surface area (TPSA) is 38.0 Å². The second-order valence-electron chi connectivity index (χ2n) is 3.16. The van der Waals surface area contributed by atoms with Crippen molar-refractivity contribution in [2.24, 2.45) is 5.84 Å². The summed E-state index contributed by atoms with van der Waals surface area (Å²) < 4.78 is 0.936. The zero-order chi connectivity index (χ0) is 11.3. The Morgan fingerprint density at radius 2 is 2.27 bits per heavy atom. The second-order valence-corrected chi connectivity index (χ2v) is 4.52. The fourth-order valence-corrected chi connectivity index (χ4v) is 2.24. The Bertz CT molecular complexity index is 353. The predicted molar refractivity (Wildman–Crippen MR) is 67.3 cm³/mol. The van der Waals surface area contributed by atoms with Crippen LogP contribution in [0.5, 0.6) is 0 Å². The van der Waals surface area contributed by atoms with Crippen LogP contribution in [-0.4, -0.2) is 0 Å². The van der Waals surface area contributed by atoms with Gasteiger partial charge in [-0.2, -0.15) is 0 Å². The molecule has 0 aliphatic rings. The molecule has 0 saturated heterocycles. The maximum atomic E-state index is 5.95. The standard InChI is InChI=1S/C11H12BrClN2/c1-2-3-4-11(15-14)8-5-9(12)7-10(13)6-8/h1,5-7,11,15H,3-4,14H2. The number of terminal acetylenes is 1. The van der Waals surface area contributed by atoms with E-state index in [1.165, 1.54) is 0 Å². The molecule has 0 saturated carbocycles. The summed E-state index contributed by atoms with van der Waals surface area (Å²) in [5, 5.41) is 0.681. The molecule has 0 aliphatic heterocycles. The summed E-state index contributed by atoms with van der Waals surface area (Å²) in [6.07, 6.45) is 6.69. The molecule has 0 aromatic heterocycles. The summed E-state index contributed by atoms with van der Waals surface area (Å²) in [5.41, 5.74) is 3.77. The van der Waals surface area contributed by atoms with Gasteiger partial charge in [0.05, 0.1) is 0 Å². The Kier molecular flexibility index (Phi) is 5.13. The largest absolute Gasteiger partial charge is 0.271 e. The van der Waals surface area contributed by atoms with E-state index in [-0.39, 0.29) is 6.04 Å². The molecule has 2 nitrogen and oxygen atoms in total. The zero-order valence-electron chi connectivity index (χ0n) is 8.13. The van der Waals surface area contributed by atoms with Crippen LogP contribution in [0.25, 0.3) is 0 Å². The van der Waals surface area contributed by atoms with Crippen molar-refractivity contribution in [2.45, 2.75) is 18.9 Å². The van der Waals surface area contributed by atoms with Gasteiger partial charge in [-0.3, -0.25) is 11.3 Å². The lowest BCUT2D eigenvalue weighted by Crippen LogP contribution is -2.27. The van der Waals surface area contributed by atoms with Gasteiger partial charge in [0.25, 0.3) is 0 Å². The number of halogens is 2. The highest BCUT2D eigenvalue weighted by molar-refractivity contribution is 9.10. The van der Waals surface area contributed by atoms with Crippen LogP contribution < -0.4 is 11.3 Å². The maximum absolute atomic E-state index is 5.95. The van der Waals surface area contributed by atoms with Crippen LogP contribution in [-0.2, 0) is 0 Å². The molecule has 1 atom stereocenters. The molecule has 1 unspecified atom stereocenters. The molecule has 0 radical (unpaired) electrons. The van der Waals surface area contributed by atoms with Crippen molar-refractivity contribution in [1.82, 2.24) is 5.43 Å². The van der Waals surface area contributed by atoms with Crippen LogP contribution in [0.2, 0.25) is 5.02 Å². The summed E-state index contributed by atoms with van der Waals surface area (Å²) in [7, 11) is 0. The highest BCUT2D eigenvalue weighted by Crippen LogP contribution is 2.25. The van der Waals surface area contributed by atoms with Gasteiger partial charge >= 0.3 is 0 Å². The molecule has 0 amide bonds. The summed E-state index contributed by atoms with van der Waals surface area (Å²) in [4.78, 5) is 0. The van der Waals surface area contributed by atoms with E-state index in [4.69, 9.17) is 23.9 Å². The van der Waals surface area contributed by atoms with E-state index in [9.17, 15) is 0 Å². The minimum absolute atomic E-state index is 0.0380. The fraction of sp³-hybridized carbons (Fsp3) is 0.273. The van der Waals surface area contributed by atoms with Gasteiger partial charge in [0, 0.05) is 22.0 Å². The van der Waals surface area contributed by atoms with Crippen molar-refractivity contribution in [3.05, 3.63) is 33.3 Å². The smallest absolute Gasteiger partial charge is 0.0470 e. The number of benzene rings is 1. The Labute approximate surface area is 103 Å². The van der Waals surface area contributed by atoms with Crippen LogP contribution in [0, 0.1) is 12.3 Å². The van der Waals surface area contributed by atoms with Crippen molar-refractivity contribution in [1.29, 1.82) is 0 Å². The minimum atomic E-state index is 0.0380. The molecule has 0 fully saturated rings. The van der Waals surface area contributed by atoms with Gasteiger partial charge < -0.3 is 0 Å². The first-order valence-corrected chi connectivity index (χ1v) is 5.70. The van der Waals surface area contributed by atoms with Crippen LogP contribution in [0.15, 0.2) is 22.7 Å². The van der Waals surface area contributed by atoms with Crippen molar-refractivity contribution in [3.63, 3.8) is 0 Å². The normalized spacial score (nSPS) is 12.1. The number of hydrogen-bond acceptors (Lipinski definition) is 2. The average molecular weight is 288 g/mol. The Morgan fingerprint density at radius 3 is 2.80 bits per heavy atom. The summed E-state index contributed by atoms with van der Waals surface area (Å²) >= 11 is 9.33. The Morgan fingerprint density at radius 1 is 1.53 bits per heavy atom. The first kappa shape index (κ1) is 12.5. The molecule has 15 heavy (non-hydrogen) atoms. The second kappa shape index (κ2) is 6.14. The molecule has 0 heterocycles. The maximum Gasteiger partial charge on any atom is 0.0470 e. The van der Waals surface area contributed by atoms with E-state index in [1.54, 1.807) is 0 Å². The molecule has 0 aliphatic carbocycles. The third-order valence-electron chi connectivity index (χ3n) is 2.07. The van der Waals surface area contributed by atoms with Gasteiger partial charge in [-0.1, -0.05) is 27.5 Å². The Balaban J connectivity index is 2.87. The van der Waals surface area contributed by atoms with Crippen molar-refractivity contribution < 1.29 is 0 Å². The van der Waals surface area contributed by atoms with Gasteiger partial charge in [-0.15, -0.1) is 12.3 Å². The van der Waals surface area contributed by atoms with Crippen LogP contribution in [0.1, 0.15) is 24.4 Å². The fourth-order valence-electron chi connectivity index (χ4n) is 1.35. The lowest BCUT2D eigenvalue weighted by atomic mass is 10.0. The van der Waals surface area contributed by atoms with E-state index in [1.807, 2.05) is 18.2 Å². The number of hydrogen-bond donors (Lipinski definition) is 2. The van der Waals surface area contributed by atoms with E-state index in [2.05, 4.69) is 27.3 Å². The zero-order valence-corrected chi connectivity index (χ0v) is 10.5. The first-order chi connectivity index (χ1) is 7.17. The van der Waals surface area contributed by atoms with Crippen molar-refractivity contribution >= 4 is 27.5 Å². The van der Waals surface area contributed by atoms with Crippen LogP contribution in [0.4, 0.5) is 0 Å². The number of rotatable bonds is 4. The number of nitrogens with one attached hydrogen (secondary N) is 1. The van der Waals surface area contributed by atoms with Gasteiger partial charge in [0.15, 0.2) is 0 Å². The van der Waals surface area contributed by atoms with Crippen molar-refractivity contribution in [2.75, 3.05) is 0 Å². The monoisotopic (exact) mass is 286 g/mol. The first-order valence-electron chi connectivity index (χ1n) is 4.53. The Hall–Kier alpha value is -0.530. The molecule has 1 rings (SSSR count). The molecule has 3 N–H and O–H groups in total. The molecule has 1 aromatic carbocycles. The highest BCUT2D eigenvalue weighted by Gasteiger charge is 2.10. The predicted octanol–water partition coefficient (Wildman–Crippen LogP) is 3.02. The van der Waals surface area contributed by atoms with Gasteiger partial charge in [-0.05, 0) is 30.2 Å². The van der Waals surface area contributed by atoms with Crippen LogP contribution in [0.3, 0.4) is 0 Å². The van der Waals surface area contributed by atoms with E-state index in [0.717, 1.165) is 16.5 Å². The summed E-state index contributed by atoms with van der Waals surface area (Å²) in [6, 6.07) is 5.73. The SMILES string of the molecule is C#CCCC(NN)c1cc(Cl)cc(Br)c1. The third-order valence-corrected chi connectivity index (χ3v) is 2.74. The minimum Gasteiger partial charge on any atom is -0.271 e. The highest BCUT2D eigenvalue weighted by atomic mass is 79.9. The number of nitrogens with two attached hydrogens (primary N) is 1. The molecular weight excluding hydrogens is 275 g/mol. The van der Waals surface area contributed by atoms with Gasteiger partial charge in [-0.25, -0.2) is 0 Å². The van der Waals surface area contributed by atoms with Crippen LogP contribution >= 0.6 is 27.5 Å². The lowest BCUT2D eigenvalue weighted by Gasteiger charge is -2.15. The quantitative estimate of drug-likeness (QED) is 0.507. The van der Waals surface area contributed by atoms with E-state index < -0.39 is 0 Å². The third kappa shape index (κ3) is 3.84. The van der Waals surface area contributed by atoms with E-state index in [0.29, 0.717) is 11.4 Å². The summed E-state index contributed by atoms with van der Waals surface area (Å²) in [6.45, 7) is 0. The molecule has 4 heteroatoms. The molecule has 0 bridgehead atoms. The molecular formula is C11H12BrClN2. The number of hydrazine groups is 1. The average Bonchev–Trinajstić information content (AvgIpc) is 2.17. The summed E-state index contributed by atoms with van der Waals surface area (Å²) in [5.74, 6) is 8.06. The lowest BCUT2D eigenvalue weighted by molar-refractivity contribution is 0.524. The molecule has 0 spiro atoms.